The topological polar surface area (TPSA) is 32.3 Å². The van der Waals surface area contributed by atoms with Crippen molar-refractivity contribution in [2.75, 3.05) is 6.54 Å². The zero-order valence-corrected chi connectivity index (χ0v) is 13.2. The molecule has 20 heavy (non-hydrogen) atoms. The van der Waals surface area contributed by atoms with Crippen LogP contribution in [0.1, 0.15) is 78.1 Å². The first kappa shape index (κ1) is 14.4. The number of hydrogen-bond donors (Lipinski definition) is 1. The van der Waals surface area contributed by atoms with Crippen LogP contribution in [0.2, 0.25) is 0 Å². The van der Waals surface area contributed by atoms with Gasteiger partial charge < -0.3 is 4.90 Å². The minimum atomic E-state index is -0.189. The van der Waals surface area contributed by atoms with Gasteiger partial charge in [0.15, 0.2) is 0 Å². The number of carbonyl (C=O) groups is 1. The van der Waals surface area contributed by atoms with Crippen LogP contribution in [0.4, 0.5) is 0 Å². The van der Waals surface area contributed by atoms with E-state index in [0.29, 0.717) is 11.3 Å². The molecule has 1 spiro atoms. The van der Waals surface area contributed by atoms with Gasteiger partial charge in [0.25, 0.3) is 0 Å². The molecule has 1 aliphatic heterocycles. The number of nitrogens with one attached hydrogen (secondary N) is 1. The van der Waals surface area contributed by atoms with Crippen LogP contribution in [0.3, 0.4) is 0 Å². The number of rotatable bonds is 3. The molecule has 2 aliphatic carbocycles. The van der Waals surface area contributed by atoms with Crippen molar-refractivity contribution in [2.45, 2.75) is 89.8 Å². The lowest BCUT2D eigenvalue weighted by Gasteiger charge is -2.38. The molecule has 2 saturated carbocycles. The summed E-state index contributed by atoms with van der Waals surface area (Å²) in [6, 6.07) is 0. The van der Waals surface area contributed by atoms with Gasteiger partial charge >= 0.3 is 0 Å². The predicted molar refractivity (Wildman–Crippen MR) is 81.3 cm³/mol. The van der Waals surface area contributed by atoms with Gasteiger partial charge in [0.05, 0.1) is 11.7 Å². The lowest BCUT2D eigenvalue weighted by molar-refractivity contribution is -0.135. The van der Waals surface area contributed by atoms with Crippen LogP contribution >= 0.6 is 0 Å². The van der Waals surface area contributed by atoms with Gasteiger partial charge in [-0.05, 0) is 37.5 Å². The maximum Gasteiger partial charge on any atom is 0.244 e. The van der Waals surface area contributed by atoms with Crippen LogP contribution in [0.5, 0.6) is 0 Å². The minimum absolute atomic E-state index is 0.189. The van der Waals surface area contributed by atoms with Crippen molar-refractivity contribution >= 4 is 5.91 Å². The average Bonchev–Trinajstić information content (AvgIpc) is 3.01. The van der Waals surface area contributed by atoms with Gasteiger partial charge in [0, 0.05) is 6.54 Å². The predicted octanol–water partition coefficient (Wildman–Crippen LogP) is 3.44. The Morgan fingerprint density at radius 1 is 1.10 bits per heavy atom. The lowest BCUT2D eigenvalue weighted by atomic mass is 9.75. The highest BCUT2D eigenvalue weighted by Crippen LogP contribution is 2.41. The van der Waals surface area contributed by atoms with Crippen LogP contribution < -0.4 is 5.32 Å². The van der Waals surface area contributed by atoms with E-state index in [1.807, 2.05) is 0 Å². The Kier molecular flexibility index (Phi) is 3.83. The molecule has 1 amide bonds. The second kappa shape index (κ2) is 5.32. The Labute approximate surface area is 123 Å². The van der Waals surface area contributed by atoms with Gasteiger partial charge in [0.2, 0.25) is 5.91 Å². The third kappa shape index (κ3) is 2.38. The largest absolute Gasteiger partial charge is 0.325 e. The van der Waals surface area contributed by atoms with Gasteiger partial charge in [-0.15, -0.1) is 0 Å². The van der Waals surface area contributed by atoms with E-state index in [4.69, 9.17) is 0 Å². The number of hydrogen-bond acceptors (Lipinski definition) is 2. The molecule has 114 valence electrons. The summed E-state index contributed by atoms with van der Waals surface area (Å²) < 4.78 is 0. The van der Waals surface area contributed by atoms with E-state index in [0.717, 1.165) is 25.8 Å². The summed E-state index contributed by atoms with van der Waals surface area (Å²) in [5.41, 5.74) is 0.166. The molecule has 1 heterocycles. The van der Waals surface area contributed by atoms with Crippen molar-refractivity contribution in [3.63, 3.8) is 0 Å². The summed E-state index contributed by atoms with van der Waals surface area (Å²) in [6.45, 7) is 5.57. The van der Waals surface area contributed by atoms with Gasteiger partial charge in [-0.2, -0.15) is 0 Å². The van der Waals surface area contributed by atoms with E-state index in [1.165, 1.54) is 44.9 Å². The van der Waals surface area contributed by atoms with Gasteiger partial charge in [-0.1, -0.05) is 46.0 Å². The molecule has 3 fully saturated rings. The quantitative estimate of drug-likeness (QED) is 0.857. The van der Waals surface area contributed by atoms with E-state index < -0.39 is 0 Å². The SMILES string of the molecule is CCC1NC2(CCCC2)C(=O)N1CC1(C)CCCCC1. The fourth-order valence-electron chi connectivity index (χ4n) is 4.69. The summed E-state index contributed by atoms with van der Waals surface area (Å²) in [4.78, 5) is 15.2. The fourth-order valence-corrected chi connectivity index (χ4v) is 4.69. The van der Waals surface area contributed by atoms with Crippen LogP contribution in [-0.4, -0.2) is 29.1 Å². The molecule has 3 nitrogen and oxygen atoms in total. The Balaban J connectivity index is 1.75. The van der Waals surface area contributed by atoms with Gasteiger partial charge in [-0.3, -0.25) is 10.1 Å². The number of amides is 1. The molecule has 0 bridgehead atoms. The fraction of sp³-hybridized carbons (Fsp3) is 0.941. The van der Waals surface area contributed by atoms with Crippen LogP contribution in [0, 0.1) is 5.41 Å². The standard InChI is InChI=1S/C17H30N2O/c1-3-14-18-17(11-7-8-12-17)15(20)19(14)13-16(2)9-5-4-6-10-16/h14,18H,3-13H2,1-2H3. The van der Waals surface area contributed by atoms with Crippen LogP contribution in [0.15, 0.2) is 0 Å². The highest BCUT2D eigenvalue weighted by atomic mass is 16.2. The molecule has 1 saturated heterocycles. The molecule has 3 rings (SSSR count). The summed E-state index contributed by atoms with van der Waals surface area (Å²) in [5.74, 6) is 0.411. The lowest BCUT2D eigenvalue weighted by Crippen LogP contribution is -2.45. The van der Waals surface area contributed by atoms with E-state index in [1.54, 1.807) is 0 Å². The van der Waals surface area contributed by atoms with E-state index in [2.05, 4.69) is 24.1 Å². The van der Waals surface area contributed by atoms with Crippen molar-refractivity contribution in [1.82, 2.24) is 10.2 Å². The summed E-state index contributed by atoms with van der Waals surface area (Å²) in [5, 5.41) is 3.70. The summed E-state index contributed by atoms with van der Waals surface area (Å²) in [6.07, 6.45) is 12.5. The zero-order valence-electron chi connectivity index (χ0n) is 13.2. The Bertz CT molecular complexity index is 367. The Morgan fingerprint density at radius 3 is 2.30 bits per heavy atom. The molecule has 1 N–H and O–H groups in total. The summed E-state index contributed by atoms with van der Waals surface area (Å²) in [7, 11) is 0. The molecule has 0 aromatic carbocycles. The molecule has 1 atom stereocenters. The first-order valence-corrected chi connectivity index (χ1v) is 8.67. The molecule has 3 heteroatoms. The van der Waals surface area contributed by atoms with Gasteiger partial charge in [0.1, 0.15) is 0 Å². The third-order valence-electron chi connectivity index (χ3n) is 5.95. The highest BCUT2D eigenvalue weighted by Gasteiger charge is 2.52. The van der Waals surface area contributed by atoms with Crippen molar-refractivity contribution in [2.24, 2.45) is 5.41 Å². The molecule has 0 aromatic heterocycles. The van der Waals surface area contributed by atoms with Crippen molar-refractivity contribution in [1.29, 1.82) is 0 Å². The van der Waals surface area contributed by atoms with Crippen LogP contribution in [0.25, 0.3) is 0 Å². The smallest absolute Gasteiger partial charge is 0.244 e. The molecule has 1 unspecified atom stereocenters. The molecule has 0 aromatic rings. The Morgan fingerprint density at radius 2 is 1.70 bits per heavy atom. The highest BCUT2D eigenvalue weighted by molar-refractivity contribution is 5.89. The number of nitrogens with zero attached hydrogens (tertiary/aromatic N) is 1. The minimum Gasteiger partial charge on any atom is -0.325 e. The average molecular weight is 278 g/mol. The molecule has 0 radical (unpaired) electrons. The normalized spacial score (nSPS) is 32.2. The Hall–Kier alpha value is -0.570. The molecular formula is C17H30N2O. The third-order valence-corrected chi connectivity index (χ3v) is 5.95. The maximum atomic E-state index is 13.0. The van der Waals surface area contributed by atoms with Crippen LogP contribution in [-0.2, 0) is 4.79 Å². The maximum absolute atomic E-state index is 13.0. The van der Waals surface area contributed by atoms with E-state index >= 15 is 0 Å². The number of carbonyl (C=O) groups excluding carboxylic acids is 1. The second-order valence-electron chi connectivity index (χ2n) is 7.66. The zero-order chi connectivity index (χ0) is 14.2. The van der Waals surface area contributed by atoms with Crippen molar-refractivity contribution in [3.05, 3.63) is 0 Å². The van der Waals surface area contributed by atoms with Crippen molar-refractivity contribution in [3.8, 4) is 0 Å². The monoisotopic (exact) mass is 278 g/mol. The summed E-state index contributed by atoms with van der Waals surface area (Å²) >= 11 is 0. The second-order valence-corrected chi connectivity index (χ2v) is 7.66. The first-order chi connectivity index (χ1) is 9.59. The molecular weight excluding hydrogens is 248 g/mol. The first-order valence-electron chi connectivity index (χ1n) is 8.67. The van der Waals surface area contributed by atoms with E-state index in [9.17, 15) is 4.79 Å². The van der Waals surface area contributed by atoms with Crippen molar-refractivity contribution < 1.29 is 4.79 Å². The molecule has 3 aliphatic rings. The van der Waals surface area contributed by atoms with Gasteiger partial charge in [-0.25, -0.2) is 0 Å². The van der Waals surface area contributed by atoms with E-state index in [-0.39, 0.29) is 11.7 Å².